The zero-order chi connectivity index (χ0) is 16.1. The summed E-state index contributed by atoms with van der Waals surface area (Å²) in [5, 5.41) is 2.78. The molecule has 2 aromatic carbocycles. The summed E-state index contributed by atoms with van der Waals surface area (Å²) in [7, 11) is 0. The number of carbonyl (C=O) groups is 1. The van der Waals surface area contributed by atoms with Crippen molar-refractivity contribution in [3.05, 3.63) is 84.1 Å². The van der Waals surface area contributed by atoms with Crippen molar-refractivity contribution >= 4 is 28.7 Å². The molecule has 0 fully saturated rings. The van der Waals surface area contributed by atoms with Crippen molar-refractivity contribution in [2.75, 3.05) is 5.32 Å². The van der Waals surface area contributed by atoms with Crippen LogP contribution in [-0.2, 0) is 0 Å². The highest BCUT2D eigenvalue weighted by atomic mass is 79.9. The monoisotopic (exact) mass is 384 g/mol. The summed E-state index contributed by atoms with van der Waals surface area (Å²) in [6, 6.07) is 22.0. The van der Waals surface area contributed by atoms with Gasteiger partial charge < -0.3 is 10.1 Å². The fourth-order valence-electron chi connectivity index (χ4n) is 2.10. The lowest BCUT2D eigenvalue weighted by molar-refractivity contribution is 0.102. The van der Waals surface area contributed by atoms with Gasteiger partial charge in [-0.25, -0.2) is 4.98 Å². The van der Waals surface area contributed by atoms with Crippen LogP contribution in [0.15, 0.2) is 72.8 Å². The first-order valence-corrected chi connectivity index (χ1v) is 7.29. The summed E-state index contributed by atoms with van der Waals surface area (Å²) in [6.07, 6.45) is 0. The summed E-state index contributed by atoms with van der Waals surface area (Å²) in [5.74, 6) is 1.78. The Morgan fingerprint density at radius 2 is 1.54 bits per heavy atom. The molecule has 3 rings (SSSR count). The summed E-state index contributed by atoms with van der Waals surface area (Å²) in [6.45, 7) is 1.88. The molecule has 1 amide bonds. The molecule has 5 heteroatoms. The van der Waals surface area contributed by atoms with Crippen LogP contribution in [0.1, 0.15) is 16.1 Å². The zero-order valence-corrected chi connectivity index (χ0v) is 14.8. The van der Waals surface area contributed by atoms with Crippen LogP contribution in [0.25, 0.3) is 0 Å². The standard InChI is InChI=1S/C19H16N2O2.BrH/c1-14-6-5-9-18(20-14)21-19(22)15-10-12-17(13-11-15)23-16-7-3-2-4-8-16;/h2-13H,1H3,(H,20,21,22);1H. The van der Waals surface area contributed by atoms with E-state index in [1.807, 2.05) is 49.4 Å². The third-order valence-electron chi connectivity index (χ3n) is 3.23. The molecule has 0 saturated carbocycles. The third kappa shape index (κ3) is 4.67. The van der Waals surface area contributed by atoms with Crippen LogP contribution >= 0.6 is 17.0 Å². The van der Waals surface area contributed by atoms with Crippen molar-refractivity contribution in [2.45, 2.75) is 6.92 Å². The lowest BCUT2D eigenvalue weighted by Gasteiger charge is -2.07. The van der Waals surface area contributed by atoms with Gasteiger partial charge in [-0.2, -0.15) is 0 Å². The number of nitrogens with zero attached hydrogens (tertiary/aromatic N) is 1. The van der Waals surface area contributed by atoms with Gasteiger partial charge in [0.15, 0.2) is 0 Å². The van der Waals surface area contributed by atoms with Crippen molar-refractivity contribution in [3.8, 4) is 11.5 Å². The van der Waals surface area contributed by atoms with Crippen LogP contribution in [0.3, 0.4) is 0 Å². The Hall–Kier alpha value is -2.66. The Morgan fingerprint density at radius 1 is 0.875 bits per heavy atom. The second-order valence-electron chi connectivity index (χ2n) is 5.06. The Balaban J connectivity index is 0.00000208. The highest BCUT2D eigenvalue weighted by Crippen LogP contribution is 2.21. The predicted octanol–water partition coefficient (Wildman–Crippen LogP) is 5.01. The predicted molar refractivity (Wildman–Crippen MR) is 100 cm³/mol. The summed E-state index contributed by atoms with van der Waals surface area (Å²) in [5.41, 5.74) is 1.41. The minimum absolute atomic E-state index is 0. The maximum absolute atomic E-state index is 12.2. The summed E-state index contributed by atoms with van der Waals surface area (Å²) >= 11 is 0. The molecule has 0 radical (unpaired) electrons. The molecule has 122 valence electrons. The number of carbonyl (C=O) groups excluding carboxylic acids is 1. The Kier molecular flexibility index (Phi) is 6.09. The van der Waals surface area contributed by atoms with Gasteiger partial charge in [0.05, 0.1) is 0 Å². The van der Waals surface area contributed by atoms with E-state index in [9.17, 15) is 4.79 Å². The highest BCUT2D eigenvalue weighted by Gasteiger charge is 2.07. The lowest BCUT2D eigenvalue weighted by atomic mass is 10.2. The van der Waals surface area contributed by atoms with Crippen LogP contribution in [0.4, 0.5) is 5.82 Å². The van der Waals surface area contributed by atoms with Crippen molar-refractivity contribution in [3.63, 3.8) is 0 Å². The van der Waals surface area contributed by atoms with Crippen molar-refractivity contribution in [1.82, 2.24) is 4.98 Å². The van der Waals surface area contributed by atoms with E-state index < -0.39 is 0 Å². The molecule has 0 aliphatic heterocycles. The summed E-state index contributed by atoms with van der Waals surface area (Å²) < 4.78 is 5.70. The number of amides is 1. The highest BCUT2D eigenvalue weighted by molar-refractivity contribution is 8.93. The fourth-order valence-corrected chi connectivity index (χ4v) is 2.10. The van der Waals surface area contributed by atoms with Gasteiger partial charge in [0.2, 0.25) is 0 Å². The van der Waals surface area contributed by atoms with Gasteiger partial charge in [-0.15, -0.1) is 17.0 Å². The first-order chi connectivity index (χ1) is 11.2. The molecule has 1 heterocycles. The Morgan fingerprint density at radius 3 is 2.21 bits per heavy atom. The molecule has 0 unspecified atom stereocenters. The van der Waals surface area contributed by atoms with Gasteiger partial charge in [0.1, 0.15) is 17.3 Å². The number of hydrogen-bond acceptors (Lipinski definition) is 3. The normalized spacial score (nSPS) is 9.71. The number of ether oxygens (including phenoxy) is 1. The number of rotatable bonds is 4. The van der Waals surface area contributed by atoms with Crippen LogP contribution in [0.5, 0.6) is 11.5 Å². The smallest absolute Gasteiger partial charge is 0.256 e. The number of nitrogens with one attached hydrogen (secondary N) is 1. The average Bonchev–Trinajstić information content (AvgIpc) is 2.56. The molecule has 0 spiro atoms. The quantitative estimate of drug-likeness (QED) is 0.687. The zero-order valence-electron chi connectivity index (χ0n) is 13.1. The molecule has 4 nitrogen and oxygen atoms in total. The van der Waals surface area contributed by atoms with E-state index in [1.54, 1.807) is 30.3 Å². The SMILES string of the molecule is Br.Cc1cccc(NC(=O)c2ccc(Oc3ccccc3)cc2)n1. The maximum atomic E-state index is 12.2. The molecule has 0 saturated heterocycles. The van der Waals surface area contributed by atoms with Gasteiger partial charge in [-0.1, -0.05) is 24.3 Å². The minimum Gasteiger partial charge on any atom is -0.457 e. The molecule has 0 bridgehead atoms. The van der Waals surface area contributed by atoms with Gasteiger partial charge in [0, 0.05) is 11.3 Å². The fraction of sp³-hybridized carbons (Fsp3) is 0.0526. The van der Waals surface area contributed by atoms with E-state index >= 15 is 0 Å². The van der Waals surface area contributed by atoms with Crippen LogP contribution in [-0.4, -0.2) is 10.9 Å². The largest absolute Gasteiger partial charge is 0.457 e. The topological polar surface area (TPSA) is 51.2 Å². The molecule has 24 heavy (non-hydrogen) atoms. The van der Waals surface area contributed by atoms with Crippen molar-refractivity contribution in [1.29, 1.82) is 0 Å². The lowest BCUT2D eigenvalue weighted by Crippen LogP contribution is -2.12. The van der Waals surface area contributed by atoms with E-state index in [0.29, 0.717) is 17.1 Å². The number of pyridine rings is 1. The van der Waals surface area contributed by atoms with Gasteiger partial charge in [-0.3, -0.25) is 4.79 Å². The van der Waals surface area contributed by atoms with Gasteiger partial charge in [0.25, 0.3) is 5.91 Å². The molecule has 1 N–H and O–H groups in total. The number of aryl methyl sites for hydroxylation is 1. The van der Waals surface area contributed by atoms with Gasteiger partial charge in [-0.05, 0) is 55.5 Å². The number of hydrogen-bond donors (Lipinski definition) is 1. The molecule has 1 aromatic heterocycles. The maximum Gasteiger partial charge on any atom is 0.256 e. The van der Waals surface area contributed by atoms with Crippen LogP contribution in [0, 0.1) is 6.92 Å². The molecule has 3 aromatic rings. The second-order valence-corrected chi connectivity index (χ2v) is 5.06. The number of benzene rings is 2. The van der Waals surface area contributed by atoms with E-state index in [2.05, 4.69) is 10.3 Å². The van der Waals surface area contributed by atoms with Crippen molar-refractivity contribution < 1.29 is 9.53 Å². The molecular weight excluding hydrogens is 368 g/mol. The van der Waals surface area contributed by atoms with Crippen molar-refractivity contribution in [2.24, 2.45) is 0 Å². The number of aromatic nitrogens is 1. The first kappa shape index (κ1) is 17.7. The molecule has 0 aliphatic rings. The van der Waals surface area contributed by atoms with E-state index in [-0.39, 0.29) is 22.9 Å². The third-order valence-corrected chi connectivity index (χ3v) is 3.23. The molecule has 0 aliphatic carbocycles. The summed E-state index contributed by atoms with van der Waals surface area (Å²) in [4.78, 5) is 16.5. The number of para-hydroxylation sites is 1. The van der Waals surface area contributed by atoms with E-state index in [1.165, 1.54) is 0 Å². The first-order valence-electron chi connectivity index (χ1n) is 7.29. The Labute approximate surface area is 151 Å². The molecule has 0 atom stereocenters. The minimum atomic E-state index is -0.200. The van der Waals surface area contributed by atoms with Crippen LogP contribution < -0.4 is 10.1 Å². The van der Waals surface area contributed by atoms with E-state index in [4.69, 9.17) is 4.74 Å². The van der Waals surface area contributed by atoms with Gasteiger partial charge >= 0.3 is 0 Å². The average molecular weight is 385 g/mol. The van der Waals surface area contributed by atoms with Crippen LogP contribution in [0.2, 0.25) is 0 Å². The number of halogens is 1. The Bertz CT molecular complexity index is 805. The number of anilines is 1. The molecular formula is C19H17BrN2O2. The van der Waals surface area contributed by atoms with E-state index in [0.717, 1.165) is 11.4 Å². The second kappa shape index (κ2) is 8.26.